The van der Waals surface area contributed by atoms with E-state index in [1.54, 1.807) is 26.2 Å². The van der Waals surface area contributed by atoms with Crippen LogP contribution in [0, 0.1) is 0 Å². The molecule has 1 heterocycles. The van der Waals surface area contributed by atoms with Gasteiger partial charge in [-0.2, -0.15) is 4.31 Å². The van der Waals surface area contributed by atoms with Gasteiger partial charge in [-0.25, -0.2) is 8.42 Å². The molecule has 2 rings (SSSR count). The van der Waals surface area contributed by atoms with Crippen molar-refractivity contribution in [1.82, 2.24) is 4.31 Å². The minimum atomic E-state index is -3.69. The number of nitrogens with one attached hydrogen (secondary N) is 1. The normalized spacial score (nSPS) is 15.5. The number of methoxy groups -OCH3 is 1. The second-order valence-corrected chi connectivity index (χ2v) is 8.06. The molecule has 0 atom stereocenters. The SMILES string of the molecule is CCOc1ccc(NC(=O)COCCOC)cc1S(=O)(=O)N1CCCCC1. The van der Waals surface area contributed by atoms with Crippen molar-refractivity contribution in [3.8, 4) is 5.75 Å². The number of benzene rings is 1. The van der Waals surface area contributed by atoms with Crippen LogP contribution in [0.15, 0.2) is 23.1 Å². The lowest BCUT2D eigenvalue weighted by Gasteiger charge is -2.27. The Labute approximate surface area is 160 Å². The Morgan fingerprint density at radius 3 is 2.59 bits per heavy atom. The fourth-order valence-electron chi connectivity index (χ4n) is 2.81. The molecule has 0 aromatic heterocycles. The number of carbonyl (C=O) groups is 1. The Bertz CT molecular complexity index is 717. The van der Waals surface area contributed by atoms with Crippen molar-refractivity contribution in [1.29, 1.82) is 0 Å². The van der Waals surface area contributed by atoms with Gasteiger partial charge in [0.15, 0.2) is 0 Å². The molecular weight excluding hydrogens is 372 g/mol. The van der Waals surface area contributed by atoms with Gasteiger partial charge < -0.3 is 19.5 Å². The van der Waals surface area contributed by atoms with Gasteiger partial charge in [-0.05, 0) is 38.0 Å². The number of carbonyl (C=O) groups excluding carboxylic acids is 1. The van der Waals surface area contributed by atoms with Gasteiger partial charge in [0.25, 0.3) is 0 Å². The largest absolute Gasteiger partial charge is 0.492 e. The summed E-state index contributed by atoms with van der Waals surface area (Å²) in [6.07, 6.45) is 2.72. The third-order valence-corrected chi connectivity index (χ3v) is 6.04. The predicted octanol–water partition coefficient (Wildman–Crippen LogP) is 1.86. The molecule has 1 saturated heterocycles. The first kappa shape index (κ1) is 21.6. The Morgan fingerprint density at radius 1 is 1.19 bits per heavy atom. The molecule has 0 radical (unpaired) electrons. The highest BCUT2D eigenvalue weighted by atomic mass is 32.2. The van der Waals surface area contributed by atoms with Crippen LogP contribution in [0.25, 0.3) is 0 Å². The first-order valence-corrected chi connectivity index (χ1v) is 10.6. The quantitative estimate of drug-likeness (QED) is 0.603. The van der Waals surface area contributed by atoms with E-state index in [9.17, 15) is 13.2 Å². The number of ether oxygens (including phenoxy) is 3. The molecule has 1 aromatic carbocycles. The van der Waals surface area contributed by atoms with Crippen LogP contribution in [0.4, 0.5) is 5.69 Å². The van der Waals surface area contributed by atoms with E-state index in [4.69, 9.17) is 14.2 Å². The highest BCUT2D eigenvalue weighted by Crippen LogP contribution is 2.31. The number of rotatable bonds is 10. The van der Waals surface area contributed by atoms with Crippen LogP contribution in [0.2, 0.25) is 0 Å². The highest BCUT2D eigenvalue weighted by Gasteiger charge is 2.29. The molecule has 0 saturated carbocycles. The number of hydrogen-bond donors (Lipinski definition) is 1. The fraction of sp³-hybridized carbons (Fsp3) is 0.611. The van der Waals surface area contributed by atoms with Crippen LogP contribution in [-0.2, 0) is 24.3 Å². The molecule has 1 fully saturated rings. The van der Waals surface area contributed by atoms with Gasteiger partial charge in [0.2, 0.25) is 15.9 Å². The summed E-state index contributed by atoms with van der Waals surface area (Å²) in [7, 11) is -2.14. The first-order valence-electron chi connectivity index (χ1n) is 9.12. The second kappa shape index (κ2) is 10.6. The Kier molecular flexibility index (Phi) is 8.49. The summed E-state index contributed by atoms with van der Waals surface area (Å²) in [6, 6.07) is 4.64. The summed E-state index contributed by atoms with van der Waals surface area (Å²) < 4.78 is 43.1. The van der Waals surface area contributed by atoms with Crippen LogP contribution >= 0.6 is 0 Å². The Morgan fingerprint density at radius 2 is 1.93 bits per heavy atom. The van der Waals surface area contributed by atoms with E-state index in [2.05, 4.69) is 5.32 Å². The van der Waals surface area contributed by atoms with Crippen molar-refractivity contribution in [3.63, 3.8) is 0 Å². The summed E-state index contributed by atoms with van der Waals surface area (Å²) in [5, 5.41) is 2.66. The predicted molar refractivity (Wildman–Crippen MR) is 102 cm³/mol. The molecule has 1 N–H and O–H groups in total. The maximum atomic E-state index is 13.1. The van der Waals surface area contributed by atoms with Gasteiger partial charge >= 0.3 is 0 Å². The molecule has 1 aliphatic heterocycles. The lowest BCUT2D eigenvalue weighted by atomic mass is 10.2. The highest BCUT2D eigenvalue weighted by molar-refractivity contribution is 7.89. The van der Waals surface area contributed by atoms with Crippen molar-refractivity contribution in [2.24, 2.45) is 0 Å². The lowest BCUT2D eigenvalue weighted by molar-refractivity contribution is -0.121. The third-order valence-electron chi connectivity index (χ3n) is 4.13. The number of piperidine rings is 1. The van der Waals surface area contributed by atoms with Crippen molar-refractivity contribution in [3.05, 3.63) is 18.2 Å². The van der Waals surface area contributed by atoms with E-state index in [-0.39, 0.29) is 23.2 Å². The Balaban J connectivity index is 2.17. The molecule has 9 heteroatoms. The van der Waals surface area contributed by atoms with Gasteiger partial charge in [0, 0.05) is 25.9 Å². The van der Waals surface area contributed by atoms with Gasteiger partial charge in [-0.1, -0.05) is 6.42 Å². The third kappa shape index (κ3) is 6.17. The smallest absolute Gasteiger partial charge is 0.250 e. The van der Waals surface area contributed by atoms with E-state index in [0.29, 0.717) is 38.6 Å². The average molecular weight is 400 g/mol. The molecule has 1 aromatic rings. The summed E-state index contributed by atoms with van der Waals surface area (Å²) in [6.45, 7) is 3.71. The minimum absolute atomic E-state index is 0.0735. The minimum Gasteiger partial charge on any atom is -0.492 e. The number of anilines is 1. The van der Waals surface area contributed by atoms with Crippen molar-refractivity contribution in [2.45, 2.75) is 31.1 Å². The molecule has 152 valence electrons. The number of amides is 1. The van der Waals surface area contributed by atoms with Crippen molar-refractivity contribution >= 4 is 21.6 Å². The van der Waals surface area contributed by atoms with Crippen LogP contribution in [0.1, 0.15) is 26.2 Å². The Hall–Kier alpha value is -1.68. The van der Waals surface area contributed by atoms with Crippen LogP contribution in [0.5, 0.6) is 5.75 Å². The summed E-state index contributed by atoms with van der Waals surface area (Å²) in [5.41, 5.74) is 0.384. The molecule has 0 spiro atoms. The fourth-order valence-corrected chi connectivity index (χ4v) is 4.48. The second-order valence-electron chi connectivity index (χ2n) is 6.15. The summed E-state index contributed by atoms with van der Waals surface area (Å²) in [4.78, 5) is 12.1. The maximum absolute atomic E-state index is 13.1. The molecule has 1 amide bonds. The lowest BCUT2D eigenvalue weighted by Crippen LogP contribution is -2.35. The van der Waals surface area contributed by atoms with Crippen LogP contribution in [-0.4, -0.2) is 65.3 Å². The van der Waals surface area contributed by atoms with E-state index in [0.717, 1.165) is 19.3 Å². The number of nitrogens with zero attached hydrogens (tertiary/aromatic N) is 1. The monoisotopic (exact) mass is 400 g/mol. The average Bonchev–Trinajstić information content (AvgIpc) is 2.67. The molecule has 0 aliphatic carbocycles. The standard InChI is InChI=1S/C18H28N2O6S/c1-3-26-16-8-7-15(19-18(21)14-25-12-11-24-2)13-17(16)27(22,23)20-9-5-4-6-10-20/h7-8,13H,3-6,9-12,14H2,1-2H3,(H,19,21). The van der Waals surface area contributed by atoms with Gasteiger partial charge in [0.1, 0.15) is 17.3 Å². The molecular formula is C18H28N2O6S. The van der Waals surface area contributed by atoms with E-state index in [1.165, 1.54) is 10.4 Å². The number of sulfonamides is 1. The van der Waals surface area contributed by atoms with Crippen molar-refractivity contribution in [2.75, 3.05) is 51.9 Å². The zero-order valence-corrected chi connectivity index (χ0v) is 16.7. The zero-order chi connectivity index (χ0) is 19.7. The van der Waals surface area contributed by atoms with Crippen LogP contribution in [0.3, 0.4) is 0 Å². The van der Waals surface area contributed by atoms with E-state index < -0.39 is 10.0 Å². The summed E-state index contributed by atoms with van der Waals surface area (Å²) >= 11 is 0. The molecule has 27 heavy (non-hydrogen) atoms. The molecule has 8 nitrogen and oxygen atoms in total. The molecule has 0 bridgehead atoms. The van der Waals surface area contributed by atoms with Gasteiger partial charge in [0.05, 0.1) is 19.8 Å². The van der Waals surface area contributed by atoms with Crippen molar-refractivity contribution < 1.29 is 27.4 Å². The first-order chi connectivity index (χ1) is 13.0. The van der Waals surface area contributed by atoms with E-state index >= 15 is 0 Å². The topological polar surface area (TPSA) is 94.2 Å². The van der Waals surface area contributed by atoms with E-state index in [1.807, 2.05) is 0 Å². The summed E-state index contributed by atoms with van der Waals surface area (Å²) in [5.74, 6) is -0.0750. The van der Waals surface area contributed by atoms with Crippen LogP contribution < -0.4 is 10.1 Å². The zero-order valence-electron chi connectivity index (χ0n) is 15.9. The molecule has 1 aliphatic rings. The molecule has 0 unspecified atom stereocenters. The maximum Gasteiger partial charge on any atom is 0.250 e. The van der Waals surface area contributed by atoms with Gasteiger partial charge in [-0.3, -0.25) is 4.79 Å². The van der Waals surface area contributed by atoms with Gasteiger partial charge in [-0.15, -0.1) is 0 Å². The number of hydrogen-bond acceptors (Lipinski definition) is 6.